The van der Waals surface area contributed by atoms with Crippen LogP contribution in [0.25, 0.3) is 16.7 Å². The summed E-state index contributed by atoms with van der Waals surface area (Å²) in [4.78, 5) is 22.4. The first-order valence-electron chi connectivity index (χ1n) is 12.6. The van der Waals surface area contributed by atoms with Crippen LogP contribution >= 0.6 is 0 Å². The van der Waals surface area contributed by atoms with E-state index in [-0.39, 0.29) is 16.8 Å². The van der Waals surface area contributed by atoms with Crippen molar-refractivity contribution < 1.29 is 4.39 Å². The summed E-state index contributed by atoms with van der Waals surface area (Å²) in [6, 6.07) is 11.4. The molecule has 8 heteroatoms. The predicted octanol–water partition coefficient (Wildman–Crippen LogP) is 4.92. The van der Waals surface area contributed by atoms with Crippen molar-refractivity contribution in [2.24, 2.45) is 0 Å². The van der Waals surface area contributed by atoms with Crippen LogP contribution in [0.2, 0.25) is 0 Å². The average molecular weight is 487 g/mol. The van der Waals surface area contributed by atoms with E-state index >= 15 is 0 Å². The van der Waals surface area contributed by atoms with Gasteiger partial charge in [-0.3, -0.25) is 4.79 Å². The summed E-state index contributed by atoms with van der Waals surface area (Å²) in [5, 5.41) is 7.30. The second kappa shape index (κ2) is 8.00. The summed E-state index contributed by atoms with van der Waals surface area (Å²) < 4.78 is 18.0. The Labute approximate surface area is 209 Å². The molecule has 7 nitrogen and oxygen atoms in total. The number of hydrogen-bond acceptors (Lipinski definition) is 5. The molecule has 0 unspecified atom stereocenters. The van der Waals surface area contributed by atoms with E-state index in [9.17, 15) is 9.18 Å². The van der Waals surface area contributed by atoms with Crippen LogP contribution < -0.4 is 16.2 Å². The van der Waals surface area contributed by atoms with Gasteiger partial charge in [0.15, 0.2) is 5.65 Å². The molecule has 2 aromatic carbocycles. The molecule has 1 saturated carbocycles. The molecule has 1 aliphatic carbocycles. The zero-order chi connectivity index (χ0) is 25.2. The third kappa shape index (κ3) is 3.63. The van der Waals surface area contributed by atoms with E-state index < -0.39 is 0 Å². The third-order valence-electron chi connectivity index (χ3n) is 7.54. The molecule has 0 amide bonds. The van der Waals surface area contributed by atoms with Crippen LogP contribution in [0, 0.1) is 5.82 Å². The van der Waals surface area contributed by atoms with Crippen molar-refractivity contribution in [2.75, 3.05) is 11.9 Å². The number of anilines is 2. The van der Waals surface area contributed by atoms with Gasteiger partial charge in [-0.1, -0.05) is 26.8 Å². The highest BCUT2D eigenvalue weighted by molar-refractivity contribution is 5.77. The minimum atomic E-state index is -0.386. The first-order valence-corrected chi connectivity index (χ1v) is 12.6. The molecule has 186 valence electrons. The average Bonchev–Trinajstić information content (AvgIpc) is 3.55. The molecule has 2 aliphatic rings. The van der Waals surface area contributed by atoms with Crippen molar-refractivity contribution in [3.63, 3.8) is 0 Å². The van der Waals surface area contributed by atoms with Crippen LogP contribution in [-0.2, 0) is 23.9 Å². The lowest BCUT2D eigenvalue weighted by atomic mass is 9.86. The SMILES string of the molecule is CCn1c(=O)c2cnc(Nc3ccc4c(c3)CNCC43CC3)nc2n1-c1ccc(F)c(C(C)(C)C)c1. The summed E-state index contributed by atoms with van der Waals surface area (Å²) >= 11 is 0. The Bertz CT molecular complexity index is 1560. The van der Waals surface area contributed by atoms with Gasteiger partial charge in [0, 0.05) is 36.9 Å². The van der Waals surface area contributed by atoms with Gasteiger partial charge in [0.1, 0.15) is 11.2 Å². The molecule has 0 bridgehead atoms. The monoisotopic (exact) mass is 486 g/mol. The van der Waals surface area contributed by atoms with Crippen molar-refractivity contribution in [1.29, 1.82) is 0 Å². The van der Waals surface area contributed by atoms with Gasteiger partial charge in [0.05, 0.1) is 5.69 Å². The molecule has 36 heavy (non-hydrogen) atoms. The van der Waals surface area contributed by atoms with Crippen molar-refractivity contribution >= 4 is 22.7 Å². The highest BCUT2D eigenvalue weighted by Gasteiger charge is 2.46. The molecule has 3 heterocycles. The lowest BCUT2D eigenvalue weighted by Gasteiger charge is -2.26. The van der Waals surface area contributed by atoms with Gasteiger partial charge in [-0.05, 0) is 72.2 Å². The first-order chi connectivity index (χ1) is 17.2. The fourth-order valence-corrected chi connectivity index (χ4v) is 5.45. The maximum atomic E-state index is 14.6. The summed E-state index contributed by atoms with van der Waals surface area (Å²) in [5.74, 6) is 0.146. The van der Waals surface area contributed by atoms with Crippen molar-refractivity contribution in [3.8, 4) is 5.69 Å². The number of halogens is 1. The van der Waals surface area contributed by atoms with E-state index in [4.69, 9.17) is 4.98 Å². The molecule has 0 atom stereocenters. The van der Waals surface area contributed by atoms with Crippen LogP contribution in [0.1, 0.15) is 57.2 Å². The molecule has 6 rings (SSSR count). The Balaban J connectivity index is 1.43. The van der Waals surface area contributed by atoms with E-state index in [0.717, 1.165) is 18.8 Å². The number of fused-ring (bicyclic) bond motifs is 3. The lowest BCUT2D eigenvalue weighted by Crippen LogP contribution is -2.33. The molecular formula is C28H31FN6O. The van der Waals surface area contributed by atoms with Gasteiger partial charge in [-0.2, -0.15) is 4.98 Å². The van der Waals surface area contributed by atoms with Gasteiger partial charge >= 0.3 is 0 Å². The normalized spacial score (nSPS) is 16.4. The molecule has 0 saturated heterocycles. The summed E-state index contributed by atoms with van der Waals surface area (Å²) in [7, 11) is 0. The number of benzene rings is 2. The minimum Gasteiger partial charge on any atom is -0.324 e. The first kappa shape index (κ1) is 22.9. The molecule has 1 aliphatic heterocycles. The highest BCUT2D eigenvalue weighted by Crippen LogP contribution is 2.50. The summed E-state index contributed by atoms with van der Waals surface area (Å²) in [5.41, 5.74) is 5.19. The third-order valence-corrected chi connectivity index (χ3v) is 7.54. The van der Waals surface area contributed by atoms with Crippen molar-refractivity contribution in [3.05, 3.63) is 75.5 Å². The molecule has 1 spiro atoms. The maximum Gasteiger partial charge on any atom is 0.278 e. The van der Waals surface area contributed by atoms with Crippen molar-refractivity contribution in [1.82, 2.24) is 24.6 Å². The molecule has 0 radical (unpaired) electrons. The van der Waals surface area contributed by atoms with Gasteiger partial charge < -0.3 is 10.6 Å². The molecule has 2 N–H and O–H groups in total. The second-order valence-electron chi connectivity index (χ2n) is 11.1. The van der Waals surface area contributed by atoms with Crippen LogP contribution in [-0.4, -0.2) is 25.9 Å². The van der Waals surface area contributed by atoms with Crippen LogP contribution in [0.4, 0.5) is 16.0 Å². The lowest BCUT2D eigenvalue weighted by molar-refractivity contribution is 0.519. The van der Waals surface area contributed by atoms with E-state index in [2.05, 4.69) is 33.8 Å². The summed E-state index contributed by atoms with van der Waals surface area (Å²) in [6.07, 6.45) is 4.06. The summed E-state index contributed by atoms with van der Waals surface area (Å²) in [6.45, 7) is 10.2. The largest absolute Gasteiger partial charge is 0.324 e. The Morgan fingerprint density at radius 2 is 1.97 bits per heavy atom. The molecule has 4 aromatic rings. The number of aromatic nitrogens is 4. The second-order valence-corrected chi connectivity index (χ2v) is 11.1. The molecular weight excluding hydrogens is 455 g/mol. The molecule has 1 fully saturated rings. The van der Waals surface area contributed by atoms with Gasteiger partial charge in [0.25, 0.3) is 5.56 Å². The van der Waals surface area contributed by atoms with Gasteiger partial charge in [-0.25, -0.2) is 18.7 Å². The number of nitrogens with zero attached hydrogens (tertiary/aromatic N) is 4. The Morgan fingerprint density at radius 3 is 2.69 bits per heavy atom. The smallest absolute Gasteiger partial charge is 0.278 e. The predicted molar refractivity (Wildman–Crippen MR) is 140 cm³/mol. The Morgan fingerprint density at radius 1 is 1.17 bits per heavy atom. The number of hydrogen-bond donors (Lipinski definition) is 2. The fraction of sp³-hybridized carbons (Fsp3) is 0.393. The zero-order valence-electron chi connectivity index (χ0n) is 21.2. The van der Waals surface area contributed by atoms with Crippen LogP contribution in [0.5, 0.6) is 0 Å². The Hall–Kier alpha value is -3.52. The van der Waals surface area contributed by atoms with Gasteiger partial charge in [0.2, 0.25) is 5.95 Å². The molecule has 2 aromatic heterocycles. The highest BCUT2D eigenvalue weighted by atomic mass is 19.1. The van der Waals surface area contributed by atoms with E-state index in [1.807, 2.05) is 27.7 Å². The van der Waals surface area contributed by atoms with E-state index in [1.54, 1.807) is 27.7 Å². The van der Waals surface area contributed by atoms with E-state index in [0.29, 0.717) is 40.2 Å². The topological polar surface area (TPSA) is 76.8 Å². The zero-order valence-corrected chi connectivity index (χ0v) is 21.2. The number of rotatable bonds is 4. The fourth-order valence-electron chi connectivity index (χ4n) is 5.45. The standard InChI is InChI=1S/C28H31FN6O/c1-5-34-25(36)20-15-31-26(32-18-6-8-21-17(12-18)14-30-16-28(21)10-11-28)33-24(20)35(34)19-7-9-23(29)22(13-19)27(2,3)4/h6-9,12-13,15,30H,5,10-11,14,16H2,1-4H3,(H,31,32,33). The van der Waals surface area contributed by atoms with Crippen LogP contribution in [0.15, 0.2) is 47.4 Å². The minimum absolute atomic E-state index is 0.171. The quantitative estimate of drug-likeness (QED) is 0.428. The number of nitrogens with one attached hydrogen (secondary N) is 2. The maximum absolute atomic E-state index is 14.6. The van der Waals surface area contributed by atoms with Crippen LogP contribution in [0.3, 0.4) is 0 Å². The van der Waals surface area contributed by atoms with E-state index in [1.165, 1.54) is 30.0 Å². The van der Waals surface area contributed by atoms with Gasteiger partial charge in [-0.15, -0.1) is 0 Å². The van der Waals surface area contributed by atoms with Crippen molar-refractivity contribution in [2.45, 2.75) is 64.5 Å². The Kier molecular flexibility index (Phi) is 5.09.